The van der Waals surface area contributed by atoms with Crippen molar-refractivity contribution < 1.29 is 28.9 Å². The predicted octanol–water partition coefficient (Wildman–Crippen LogP) is 3.14. The molecule has 148 valence electrons. The molecule has 1 amide bonds. The summed E-state index contributed by atoms with van der Waals surface area (Å²) in [4.78, 5) is 25.7. The third-order valence-corrected chi connectivity index (χ3v) is 4.94. The molecule has 1 N–H and O–H groups in total. The minimum Gasteiger partial charge on any atom is -0.497 e. The maximum absolute atomic E-state index is 12.5. The highest BCUT2D eigenvalue weighted by atomic mass is 16.6. The van der Waals surface area contributed by atoms with Gasteiger partial charge in [-0.2, -0.15) is 0 Å². The Balaban J connectivity index is 1.75. The van der Waals surface area contributed by atoms with Crippen LogP contribution in [0, 0.1) is 5.92 Å². The van der Waals surface area contributed by atoms with Crippen LogP contribution in [0.1, 0.15) is 17.0 Å². The highest BCUT2D eigenvalue weighted by molar-refractivity contribution is 5.76. The molecule has 0 aliphatic carbocycles. The molecule has 2 aromatic rings. The van der Waals surface area contributed by atoms with E-state index in [2.05, 4.69) is 0 Å². The van der Waals surface area contributed by atoms with Crippen molar-refractivity contribution in [3.8, 4) is 11.5 Å². The summed E-state index contributed by atoms with van der Waals surface area (Å²) in [6, 6.07) is 14.6. The van der Waals surface area contributed by atoms with Gasteiger partial charge in [-0.15, -0.1) is 0 Å². The molecule has 2 unspecified atom stereocenters. The molecule has 7 heteroatoms. The molecule has 7 nitrogen and oxygen atoms in total. The summed E-state index contributed by atoms with van der Waals surface area (Å²) in [5, 5.41) is 9.67. The lowest BCUT2D eigenvalue weighted by atomic mass is 9.88. The number of ether oxygens (including phenoxy) is 3. The maximum Gasteiger partial charge on any atom is 0.410 e. The van der Waals surface area contributed by atoms with E-state index in [1.807, 2.05) is 30.3 Å². The number of methoxy groups -OCH3 is 2. The topological polar surface area (TPSA) is 85.3 Å². The molecule has 3 rings (SSSR count). The van der Waals surface area contributed by atoms with Gasteiger partial charge in [0.25, 0.3) is 0 Å². The number of carboxylic acid groups (broad SMARTS) is 1. The number of nitrogens with zero attached hydrogens (tertiary/aromatic N) is 1. The molecule has 1 aliphatic rings. The Morgan fingerprint density at radius 2 is 1.82 bits per heavy atom. The second-order valence-corrected chi connectivity index (χ2v) is 6.60. The van der Waals surface area contributed by atoms with Crippen LogP contribution in [-0.4, -0.2) is 49.4 Å². The second-order valence-electron chi connectivity index (χ2n) is 6.60. The number of amides is 1. The van der Waals surface area contributed by atoms with Gasteiger partial charge in [0.15, 0.2) is 0 Å². The highest BCUT2D eigenvalue weighted by Gasteiger charge is 2.42. The van der Waals surface area contributed by atoms with Crippen molar-refractivity contribution in [2.24, 2.45) is 5.92 Å². The van der Waals surface area contributed by atoms with Crippen LogP contribution in [0.3, 0.4) is 0 Å². The lowest BCUT2D eigenvalue weighted by Crippen LogP contribution is -2.30. The summed E-state index contributed by atoms with van der Waals surface area (Å²) in [6.07, 6.45) is -0.523. The van der Waals surface area contributed by atoms with Crippen LogP contribution in [0.5, 0.6) is 11.5 Å². The van der Waals surface area contributed by atoms with Crippen molar-refractivity contribution in [2.75, 3.05) is 27.3 Å². The molecule has 2 atom stereocenters. The van der Waals surface area contributed by atoms with Gasteiger partial charge in [-0.05, 0) is 11.6 Å². The fraction of sp³-hybridized carbons (Fsp3) is 0.333. The lowest BCUT2D eigenvalue weighted by Gasteiger charge is -2.19. The molecule has 0 spiro atoms. The van der Waals surface area contributed by atoms with Crippen molar-refractivity contribution >= 4 is 12.1 Å². The van der Waals surface area contributed by atoms with Gasteiger partial charge >= 0.3 is 12.1 Å². The second kappa shape index (κ2) is 8.65. The third-order valence-electron chi connectivity index (χ3n) is 4.94. The van der Waals surface area contributed by atoms with Gasteiger partial charge in [-0.1, -0.05) is 36.4 Å². The van der Waals surface area contributed by atoms with Crippen molar-refractivity contribution in [1.29, 1.82) is 0 Å². The van der Waals surface area contributed by atoms with Gasteiger partial charge in [-0.25, -0.2) is 4.79 Å². The van der Waals surface area contributed by atoms with E-state index in [9.17, 15) is 14.7 Å². The van der Waals surface area contributed by atoms with Crippen LogP contribution in [-0.2, 0) is 16.1 Å². The first-order valence-corrected chi connectivity index (χ1v) is 8.93. The zero-order valence-electron chi connectivity index (χ0n) is 15.8. The number of benzene rings is 2. The quantitative estimate of drug-likeness (QED) is 0.822. The molecule has 0 aromatic heterocycles. The van der Waals surface area contributed by atoms with Gasteiger partial charge in [0, 0.05) is 30.6 Å². The van der Waals surface area contributed by atoms with Gasteiger partial charge < -0.3 is 24.2 Å². The molecule has 1 heterocycles. The molecule has 1 fully saturated rings. The first-order valence-electron chi connectivity index (χ1n) is 8.93. The van der Waals surface area contributed by atoms with Gasteiger partial charge in [0.2, 0.25) is 0 Å². The highest BCUT2D eigenvalue weighted by Crippen LogP contribution is 2.39. The average Bonchev–Trinajstić information content (AvgIpc) is 3.18. The van der Waals surface area contributed by atoms with Crippen LogP contribution in [0.4, 0.5) is 4.79 Å². The summed E-state index contributed by atoms with van der Waals surface area (Å²) in [5.74, 6) is -0.949. The number of hydrogen-bond donors (Lipinski definition) is 1. The number of likely N-dealkylation sites (tertiary alicyclic amines) is 1. The summed E-state index contributed by atoms with van der Waals surface area (Å²) < 4.78 is 16.0. The van der Waals surface area contributed by atoms with E-state index in [1.54, 1.807) is 25.3 Å². The predicted molar refractivity (Wildman–Crippen MR) is 102 cm³/mol. The molecule has 2 aromatic carbocycles. The first-order chi connectivity index (χ1) is 13.5. The van der Waals surface area contributed by atoms with E-state index in [0.29, 0.717) is 11.5 Å². The summed E-state index contributed by atoms with van der Waals surface area (Å²) in [7, 11) is 3.07. The molecule has 1 aliphatic heterocycles. The zero-order valence-corrected chi connectivity index (χ0v) is 15.8. The van der Waals surface area contributed by atoms with Crippen LogP contribution in [0.2, 0.25) is 0 Å². The van der Waals surface area contributed by atoms with E-state index >= 15 is 0 Å². The Morgan fingerprint density at radius 1 is 1.07 bits per heavy atom. The van der Waals surface area contributed by atoms with Crippen molar-refractivity contribution in [2.45, 2.75) is 12.5 Å². The van der Waals surface area contributed by atoms with E-state index < -0.39 is 23.9 Å². The van der Waals surface area contributed by atoms with Gasteiger partial charge in [0.05, 0.1) is 20.1 Å². The molecule has 0 saturated carbocycles. The van der Waals surface area contributed by atoms with E-state index in [4.69, 9.17) is 14.2 Å². The SMILES string of the molecule is COc1ccc(C2CN(C(=O)OCc3ccccc3)CC2C(=O)O)c(OC)c1. The Bertz CT molecular complexity index is 838. The largest absolute Gasteiger partial charge is 0.497 e. The van der Waals surface area contributed by atoms with E-state index in [0.717, 1.165) is 11.1 Å². The van der Waals surface area contributed by atoms with Gasteiger partial charge in [-0.3, -0.25) is 4.79 Å². The number of carbonyl (C=O) groups is 2. The minimum absolute atomic E-state index is 0.0861. The lowest BCUT2D eigenvalue weighted by molar-refractivity contribution is -0.141. The Morgan fingerprint density at radius 3 is 2.46 bits per heavy atom. The summed E-state index contributed by atoms with van der Waals surface area (Å²) >= 11 is 0. The fourth-order valence-electron chi connectivity index (χ4n) is 3.45. The normalized spacial score (nSPS) is 18.6. The molecule has 28 heavy (non-hydrogen) atoms. The van der Waals surface area contributed by atoms with Crippen LogP contribution >= 0.6 is 0 Å². The molecular weight excluding hydrogens is 362 g/mol. The number of carbonyl (C=O) groups excluding carboxylic acids is 1. The van der Waals surface area contributed by atoms with Crippen molar-refractivity contribution in [3.63, 3.8) is 0 Å². The molecule has 1 saturated heterocycles. The van der Waals surface area contributed by atoms with Crippen molar-refractivity contribution in [1.82, 2.24) is 4.90 Å². The van der Waals surface area contributed by atoms with Crippen LogP contribution in [0.15, 0.2) is 48.5 Å². The fourth-order valence-corrected chi connectivity index (χ4v) is 3.45. The molecule has 0 radical (unpaired) electrons. The first kappa shape index (κ1) is 19.5. The summed E-state index contributed by atoms with van der Waals surface area (Å²) in [5.41, 5.74) is 1.60. The van der Waals surface area contributed by atoms with E-state index in [-0.39, 0.29) is 19.7 Å². The maximum atomic E-state index is 12.5. The number of hydrogen-bond acceptors (Lipinski definition) is 5. The Hall–Kier alpha value is -3.22. The number of rotatable bonds is 6. The Labute approximate surface area is 163 Å². The van der Waals surface area contributed by atoms with Crippen molar-refractivity contribution in [3.05, 3.63) is 59.7 Å². The molecule has 0 bridgehead atoms. The minimum atomic E-state index is -0.957. The van der Waals surface area contributed by atoms with Crippen LogP contribution in [0.25, 0.3) is 0 Å². The zero-order chi connectivity index (χ0) is 20.1. The van der Waals surface area contributed by atoms with Gasteiger partial charge in [0.1, 0.15) is 18.1 Å². The average molecular weight is 385 g/mol. The smallest absolute Gasteiger partial charge is 0.410 e. The van der Waals surface area contributed by atoms with Crippen LogP contribution < -0.4 is 9.47 Å². The number of carboxylic acids is 1. The van der Waals surface area contributed by atoms with E-state index in [1.165, 1.54) is 12.0 Å². The third kappa shape index (κ3) is 4.19. The standard InChI is InChI=1S/C21H23NO6/c1-26-15-8-9-16(19(10-15)27-2)17-11-22(12-18(17)20(23)24)21(25)28-13-14-6-4-3-5-7-14/h3-10,17-18H,11-13H2,1-2H3,(H,23,24). The Kier molecular flexibility index (Phi) is 6.03. The summed E-state index contributed by atoms with van der Waals surface area (Å²) in [6.45, 7) is 0.473. The number of aliphatic carboxylic acids is 1. The molecular formula is C21H23NO6. The monoisotopic (exact) mass is 385 g/mol.